The van der Waals surface area contributed by atoms with E-state index in [-0.39, 0.29) is 30.9 Å². The quantitative estimate of drug-likeness (QED) is 0.444. The fourth-order valence-electron chi connectivity index (χ4n) is 6.64. The number of hydrogen-bond acceptors (Lipinski definition) is 4. The number of likely N-dealkylation sites (tertiary alicyclic amines) is 1. The lowest BCUT2D eigenvalue weighted by molar-refractivity contribution is -0.228. The second-order valence-corrected chi connectivity index (χ2v) is 14.6. The van der Waals surface area contributed by atoms with Crippen molar-refractivity contribution in [3.8, 4) is 0 Å². The number of sulfone groups is 1. The van der Waals surface area contributed by atoms with Gasteiger partial charge >= 0.3 is 6.18 Å². The van der Waals surface area contributed by atoms with E-state index in [2.05, 4.69) is 0 Å². The second kappa shape index (κ2) is 9.85. The summed E-state index contributed by atoms with van der Waals surface area (Å²) in [5, 5.41) is 11.9. The van der Waals surface area contributed by atoms with Crippen LogP contribution in [0, 0.1) is 0 Å². The molecule has 12 heteroatoms. The Hall–Kier alpha value is -1.88. The molecule has 2 fully saturated rings. The first-order valence-corrected chi connectivity index (χ1v) is 15.6. The van der Waals surface area contributed by atoms with E-state index >= 15 is 0 Å². The number of rotatable bonds is 4. The number of hydrogen-bond donors (Lipinski definition) is 1. The Bertz CT molecular complexity index is 1450. The van der Waals surface area contributed by atoms with Gasteiger partial charge in [0.1, 0.15) is 5.60 Å². The zero-order valence-electron chi connectivity index (χ0n) is 21.7. The number of carbonyl (C=O) groups is 1. The van der Waals surface area contributed by atoms with Crippen molar-refractivity contribution in [1.29, 1.82) is 0 Å². The summed E-state index contributed by atoms with van der Waals surface area (Å²) < 4.78 is 79.3. The second-order valence-electron chi connectivity index (χ2n) is 11.4. The lowest BCUT2D eigenvalue weighted by atomic mass is 9.63. The molecule has 218 valence electrons. The zero-order valence-corrected chi connectivity index (χ0v) is 24.0. The highest BCUT2D eigenvalue weighted by Gasteiger charge is 2.57. The number of amides is 1. The van der Waals surface area contributed by atoms with Gasteiger partial charge in [0.15, 0.2) is 9.84 Å². The fraction of sp³-hybridized carbons (Fsp3) is 0.536. The molecule has 2 aromatic rings. The fourth-order valence-corrected chi connectivity index (χ4v) is 8.46. The van der Waals surface area contributed by atoms with Crippen LogP contribution in [0.5, 0.6) is 0 Å². The van der Waals surface area contributed by atoms with Crippen LogP contribution in [-0.2, 0) is 38.6 Å². The van der Waals surface area contributed by atoms with Gasteiger partial charge < -0.3 is 10.0 Å². The van der Waals surface area contributed by atoms with Crippen molar-refractivity contribution in [2.24, 2.45) is 0 Å². The molecule has 2 heterocycles. The van der Waals surface area contributed by atoms with Crippen molar-refractivity contribution in [1.82, 2.24) is 4.90 Å². The summed E-state index contributed by atoms with van der Waals surface area (Å²) in [6, 6.07) is 8.72. The summed E-state index contributed by atoms with van der Waals surface area (Å²) in [6.45, 7) is 0.775. The summed E-state index contributed by atoms with van der Waals surface area (Å²) in [4.78, 5) is 15.4. The number of aliphatic hydroxyl groups is 1. The normalized spacial score (nSPS) is 27.0. The first kappa shape index (κ1) is 29.6. The van der Waals surface area contributed by atoms with Gasteiger partial charge in [0.2, 0.25) is 5.67 Å². The van der Waals surface area contributed by atoms with Crippen molar-refractivity contribution in [2.45, 2.75) is 74.4 Å². The van der Waals surface area contributed by atoms with Crippen molar-refractivity contribution < 1.29 is 35.9 Å². The third kappa shape index (κ3) is 4.92. The number of nitrogens with zero attached hydrogens (tertiary/aromatic N) is 1. The Morgan fingerprint density at radius 2 is 1.73 bits per heavy atom. The highest BCUT2D eigenvalue weighted by atomic mass is 35.5. The molecule has 2 aromatic carbocycles. The van der Waals surface area contributed by atoms with E-state index in [1.165, 1.54) is 12.1 Å². The van der Waals surface area contributed by atoms with E-state index in [4.69, 9.17) is 23.2 Å². The van der Waals surface area contributed by atoms with E-state index in [0.29, 0.717) is 48.2 Å². The Balaban J connectivity index is 1.56. The van der Waals surface area contributed by atoms with E-state index in [1.54, 1.807) is 23.1 Å². The van der Waals surface area contributed by atoms with Crippen LogP contribution in [0.2, 0.25) is 10.0 Å². The predicted molar refractivity (Wildman–Crippen MR) is 144 cm³/mol. The monoisotopic (exact) mass is 621 g/mol. The van der Waals surface area contributed by atoms with Crippen LogP contribution in [0.15, 0.2) is 36.4 Å². The number of alkyl halides is 4. The number of benzene rings is 2. The molecule has 2 saturated heterocycles. The molecular formula is C28H29Cl2F4NO4S. The summed E-state index contributed by atoms with van der Waals surface area (Å²) in [6.07, 6.45) is -3.96. The Kier molecular flexibility index (Phi) is 7.29. The molecule has 0 bridgehead atoms. The van der Waals surface area contributed by atoms with Crippen LogP contribution < -0.4 is 0 Å². The third-order valence-corrected chi connectivity index (χ3v) is 11.4. The Morgan fingerprint density at radius 3 is 2.35 bits per heavy atom. The molecule has 1 amide bonds. The van der Waals surface area contributed by atoms with E-state index < -0.39 is 50.2 Å². The topological polar surface area (TPSA) is 74.7 Å². The van der Waals surface area contributed by atoms with Gasteiger partial charge in [-0.3, -0.25) is 4.79 Å². The number of fused-ring (bicyclic) bond motifs is 3. The Labute approximate surface area is 240 Å². The summed E-state index contributed by atoms with van der Waals surface area (Å²) >= 11 is 12.4. The van der Waals surface area contributed by atoms with Crippen molar-refractivity contribution in [3.05, 3.63) is 68.7 Å². The molecule has 40 heavy (non-hydrogen) atoms. The van der Waals surface area contributed by atoms with Crippen LogP contribution >= 0.6 is 23.2 Å². The minimum absolute atomic E-state index is 0.191. The van der Waals surface area contributed by atoms with Gasteiger partial charge in [0.05, 0.1) is 21.6 Å². The molecule has 0 radical (unpaired) electrons. The maximum absolute atomic E-state index is 14.9. The minimum atomic E-state index is -5.09. The SMILES string of the molecule is CC(F)(c1ccc2c(c1)CCC1N(C(=O)C3(O)CCS(=O)(=O)CC3)CCC21Cc1ccc(Cl)c(Cl)c1)C(F)(F)F. The molecule has 3 aliphatic rings. The van der Waals surface area contributed by atoms with Gasteiger partial charge in [0.25, 0.3) is 5.91 Å². The molecule has 2 aliphatic heterocycles. The highest BCUT2D eigenvalue weighted by molar-refractivity contribution is 7.91. The maximum atomic E-state index is 14.9. The highest BCUT2D eigenvalue weighted by Crippen LogP contribution is 2.52. The summed E-state index contributed by atoms with van der Waals surface area (Å²) in [5.74, 6) is -1.10. The van der Waals surface area contributed by atoms with E-state index in [0.717, 1.165) is 17.2 Å². The third-order valence-electron chi connectivity index (χ3n) is 9.03. The van der Waals surface area contributed by atoms with Gasteiger partial charge in [-0.15, -0.1) is 0 Å². The summed E-state index contributed by atoms with van der Waals surface area (Å²) in [7, 11) is -3.33. The predicted octanol–water partition coefficient (Wildman–Crippen LogP) is 5.71. The average Bonchev–Trinajstić information content (AvgIpc) is 3.26. The standard InChI is InChI=1S/C28H29Cl2F4NO4S/c1-25(31,28(32,33)34)19-4-5-20-18(15-19)3-7-23-26(20,16-17-2-6-21(29)22(30)14-17)8-11-35(23)24(36)27(37)9-12-40(38,39)13-10-27/h2,4-6,14-15,23,37H,3,7-13,16H2,1H3. The molecule has 3 atom stereocenters. The zero-order chi connectivity index (χ0) is 29.3. The van der Waals surface area contributed by atoms with Gasteiger partial charge in [0, 0.05) is 18.0 Å². The molecular weight excluding hydrogens is 593 g/mol. The van der Waals surface area contributed by atoms with Gasteiger partial charge in [-0.05, 0) is 79.8 Å². The average molecular weight is 623 g/mol. The van der Waals surface area contributed by atoms with Gasteiger partial charge in [-0.2, -0.15) is 13.2 Å². The number of carbonyl (C=O) groups excluding carboxylic acids is 1. The number of halogens is 6. The van der Waals surface area contributed by atoms with Crippen LogP contribution in [0.25, 0.3) is 0 Å². The van der Waals surface area contributed by atoms with Crippen molar-refractivity contribution >= 4 is 38.9 Å². The molecule has 0 aromatic heterocycles. The smallest absolute Gasteiger partial charge is 0.380 e. The molecule has 5 nitrogen and oxygen atoms in total. The first-order valence-electron chi connectivity index (χ1n) is 13.1. The Morgan fingerprint density at radius 1 is 1.05 bits per heavy atom. The van der Waals surface area contributed by atoms with Crippen LogP contribution in [0.1, 0.15) is 54.9 Å². The lowest BCUT2D eigenvalue weighted by Gasteiger charge is -2.45. The molecule has 3 unspecified atom stereocenters. The van der Waals surface area contributed by atoms with E-state index in [1.807, 2.05) is 0 Å². The first-order chi connectivity index (χ1) is 18.5. The van der Waals surface area contributed by atoms with Gasteiger partial charge in [-0.25, -0.2) is 12.8 Å². The van der Waals surface area contributed by atoms with Crippen LogP contribution in [-0.4, -0.2) is 60.2 Å². The van der Waals surface area contributed by atoms with E-state index in [9.17, 15) is 35.9 Å². The summed E-state index contributed by atoms with van der Waals surface area (Å²) in [5.41, 5.74) is -4.45. The largest absolute Gasteiger partial charge is 0.426 e. The van der Waals surface area contributed by atoms with Crippen LogP contribution in [0.3, 0.4) is 0 Å². The molecule has 0 saturated carbocycles. The molecule has 1 aliphatic carbocycles. The van der Waals surface area contributed by atoms with Crippen molar-refractivity contribution in [2.75, 3.05) is 18.1 Å². The van der Waals surface area contributed by atoms with Crippen LogP contribution in [0.4, 0.5) is 17.6 Å². The number of aryl methyl sites for hydroxylation is 1. The molecule has 0 spiro atoms. The van der Waals surface area contributed by atoms with Crippen molar-refractivity contribution in [3.63, 3.8) is 0 Å². The van der Waals surface area contributed by atoms with Gasteiger partial charge in [-0.1, -0.05) is 47.5 Å². The minimum Gasteiger partial charge on any atom is -0.380 e. The molecule has 5 rings (SSSR count). The lowest BCUT2D eigenvalue weighted by Crippen LogP contribution is -2.57. The maximum Gasteiger partial charge on any atom is 0.426 e. The molecule has 1 N–H and O–H groups in total.